The molecule has 0 aliphatic rings. The van der Waals surface area contributed by atoms with E-state index in [4.69, 9.17) is 16.7 Å². The van der Waals surface area contributed by atoms with Crippen molar-refractivity contribution in [2.75, 3.05) is 0 Å². The summed E-state index contributed by atoms with van der Waals surface area (Å²) in [4.78, 5) is 12.8. The molecular weight excluding hydrogens is 220 g/mol. The molecule has 14 heavy (non-hydrogen) atoms. The van der Waals surface area contributed by atoms with E-state index in [1.165, 1.54) is 0 Å². The van der Waals surface area contributed by atoms with Crippen molar-refractivity contribution in [3.8, 4) is 0 Å². The maximum absolute atomic E-state index is 10.7. The summed E-state index contributed by atoms with van der Waals surface area (Å²) in [6.07, 6.45) is 0.569. The molecule has 2 nitrogen and oxygen atoms in total. The zero-order valence-corrected chi connectivity index (χ0v) is 10.00. The summed E-state index contributed by atoms with van der Waals surface area (Å²) in [5.41, 5.74) is 1.03. The lowest BCUT2D eigenvalue weighted by atomic mass is 10.1. The van der Waals surface area contributed by atoms with E-state index in [9.17, 15) is 4.79 Å². The van der Waals surface area contributed by atoms with E-state index < -0.39 is 5.97 Å². The first-order valence-corrected chi connectivity index (χ1v) is 5.60. The molecule has 0 saturated carbocycles. The Balaban J connectivity index is 2.87. The highest BCUT2D eigenvalue weighted by molar-refractivity contribution is 7.12. The van der Waals surface area contributed by atoms with Gasteiger partial charge in [0.2, 0.25) is 0 Å². The van der Waals surface area contributed by atoms with Crippen LogP contribution in [0.25, 0.3) is 0 Å². The maximum atomic E-state index is 10.7. The van der Waals surface area contributed by atoms with Gasteiger partial charge in [-0.2, -0.15) is 0 Å². The molecule has 1 aromatic rings. The third kappa shape index (κ3) is 2.28. The van der Waals surface area contributed by atoms with Gasteiger partial charge >= 0.3 is 5.97 Å². The van der Waals surface area contributed by atoms with Crippen molar-refractivity contribution in [2.24, 2.45) is 5.92 Å². The number of aryl methyl sites for hydroxylation is 1. The molecule has 4 heteroatoms. The monoisotopic (exact) mass is 232 g/mol. The predicted molar refractivity (Wildman–Crippen MR) is 59.3 cm³/mol. The van der Waals surface area contributed by atoms with Crippen molar-refractivity contribution in [3.63, 3.8) is 0 Å². The molecule has 0 bridgehead atoms. The summed E-state index contributed by atoms with van der Waals surface area (Å²) < 4.78 is 0. The van der Waals surface area contributed by atoms with Crippen molar-refractivity contribution >= 4 is 28.9 Å². The number of carboxylic acids is 1. The Labute approximate surface area is 92.5 Å². The van der Waals surface area contributed by atoms with Crippen LogP contribution in [0.4, 0.5) is 0 Å². The van der Waals surface area contributed by atoms with Crippen molar-refractivity contribution in [1.82, 2.24) is 0 Å². The molecule has 1 heterocycles. The number of thiophene rings is 1. The Hall–Kier alpha value is -0.540. The smallest absolute Gasteiger partial charge is 0.306 e. The van der Waals surface area contributed by atoms with E-state index in [1.54, 1.807) is 18.3 Å². The molecule has 1 atom stereocenters. The number of aliphatic carboxylic acids is 1. The number of hydrogen-bond donors (Lipinski definition) is 1. The van der Waals surface area contributed by atoms with Gasteiger partial charge < -0.3 is 5.11 Å². The molecule has 1 N–H and O–H groups in total. The minimum atomic E-state index is -0.758. The molecule has 1 unspecified atom stereocenters. The van der Waals surface area contributed by atoms with E-state index in [0.29, 0.717) is 6.42 Å². The molecule has 78 valence electrons. The second kappa shape index (κ2) is 4.32. The predicted octanol–water partition coefficient (Wildman–Crippen LogP) is 3.28. The van der Waals surface area contributed by atoms with Crippen LogP contribution in [0.15, 0.2) is 0 Å². The summed E-state index contributed by atoms with van der Waals surface area (Å²) >= 11 is 7.62. The van der Waals surface area contributed by atoms with Gasteiger partial charge in [0.05, 0.1) is 10.9 Å². The molecule has 0 aliphatic heterocycles. The maximum Gasteiger partial charge on any atom is 0.306 e. The Kier molecular flexibility index (Phi) is 3.56. The number of rotatable bonds is 3. The number of carboxylic acid groups (broad SMARTS) is 1. The highest BCUT2D eigenvalue weighted by Gasteiger charge is 2.16. The topological polar surface area (TPSA) is 37.3 Å². The quantitative estimate of drug-likeness (QED) is 0.869. The standard InChI is InChI=1S/C10H13ClO2S/c1-5(10(12)13)4-8-6(2)9(11)7(3)14-8/h5H,4H2,1-3H3,(H,12,13). The van der Waals surface area contributed by atoms with Gasteiger partial charge in [-0.25, -0.2) is 0 Å². The fraction of sp³-hybridized carbons (Fsp3) is 0.500. The van der Waals surface area contributed by atoms with Gasteiger partial charge in [0.1, 0.15) is 0 Å². The van der Waals surface area contributed by atoms with Crippen LogP contribution in [0.2, 0.25) is 5.02 Å². The van der Waals surface area contributed by atoms with Gasteiger partial charge in [0.15, 0.2) is 0 Å². The highest BCUT2D eigenvalue weighted by Crippen LogP contribution is 2.32. The van der Waals surface area contributed by atoms with Crippen LogP contribution in [0.1, 0.15) is 22.2 Å². The highest BCUT2D eigenvalue weighted by atomic mass is 35.5. The summed E-state index contributed by atoms with van der Waals surface area (Å²) in [5, 5.41) is 9.56. The van der Waals surface area contributed by atoms with Crippen LogP contribution in [-0.4, -0.2) is 11.1 Å². The van der Waals surface area contributed by atoms with Crippen LogP contribution >= 0.6 is 22.9 Å². The van der Waals surface area contributed by atoms with Crippen molar-refractivity contribution in [3.05, 3.63) is 20.3 Å². The zero-order valence-electron chi connectivity index (χ0n) is 8.43. The number of halogens is 1. The lowest BCUT2D eigenvalue weighted by molar-refractivity contribution is -0.141. The summed E-state index contributed by atoms with van der Waals surface area (Å²) in [5.74, 6) is -1.10. The van der Waals surface area contributed by atoms with Gasteiger partial charge in [-0.15, -0.1) is 11.3 Å². The Morgan fingerprint density at radius 1 is 1.57 bits per heavy atom. The zero-order chi connectivity index (χ0) is 10.9. The molecule has 0 fully saturated rings. The number of carbonyl (C=O) groups is 1. The molecule has 0 saturated heterocycles. The first kappa shape index (κ1) is 11.5. The lowest BCUT2D eigenvalue weighted by Gasteiger charge is -2.04. The van der Waals surface area contributed by atoms with E-state index >= 15 is 0 Å². The minimum Gasteiger partial charge on any atom is -0.481 e. The van der Waals surface area contributed by atoms with Crippen molar-refractivity contribution in [1.29, 1.82) is 0 Å². The van der Waals surface area contributed by atoms with E-state index in [1.807, 2.05) is 13.8 Å². The van der Waals surface area contributed by atoms with Crippen LogP contribution < -0.4 is 0 Å². The van der Waals surface area contributed by atoms with Crippen LogP contribution in [-0.2, 0) is 11.2 Å². The van der Waals surface area contributed by atoms with Gasteiger partial charge in [-0.3, -0.25) is 4.79 Å². The van der Waals surface area contributed by atoms with E-state index in [2.05, 4.69) is 0 Å². The van der Waals surface area contributed by atoms with Crippen LogP contribution in [0.5, 0.6) is 0 Å². The first-order valence-electron chi connectivity index (χ1n) is 4.40. The normalized spacial score (nSPS) is 12.9. The van der Waals surface area contributed by atoms with Gasteiger partial charge in [0.25, 0.3) is 0 Å². The molecule has 0 spiro atoms. The second-order valence-corrected chi connectivity index (χ2v) is 5.15. The van der Waals surface area contributed by atoms with Crippen LogP contribution in [0, 0.1) is 19.8 Å². The molecule has 0 aromatic carbocycles. The molecule has 0 amide bonds. The van der Waals surface area contributed by atoms with Crippen LogP contribution in [0.3, 0.4) is 0 Å². The van der Waals surface area contributed by atoms with Gasteiger partial charge in [0, 0.05) is 9.75 Å². The molecule has 0 radical (unpaired) electrons. The second-order valence-electron chi connectivity index (χ2n) is 3.46. The fourth-order valence-corrected chi connectivity index (χ4v) is 2.74. The SMILES string of the molecule is Cc1sc(CC(C)C(=O)O)c(C)c1Cl. The Bertz CT molecular complexity index is 357. The largest absolute Gasteiger partial charge is 0.481 e. The molecular formula is C10H13ClO2S. The lowest BCUT2D eigenvalue weighted by Crippen LogP contribution is -2.11. The summed E-state index contributed by atoms with van der Waals surface area (Å²) in [6, 6.07) is 0. The average molecular weight is 233 g/mol. The first-order chi connectivity index (χ1) is 6.43. The number of hydrogen-bond acceptors (Lipinski definition) is 2. The Morgan fingerprint density at radius 2 is 2.14 bits per heavy atom. The van der Waals surface area contributed by atoms with Crippen molar-refractivity contribution < 1.29 is 9.90 Å². The summed E-state index contributed by atoms with van der Waals surface area (Å²) in [7, 11) is 0. The molecule has 1 aromatic heterocycles. The molecule has 0 aliphatic carbocycles. The fourth-order valence-electron chi connectivity index (χ4n) is 1.25. The molecule has 1 rings (SSSR count). The minimum absolute atomic E-state index is 0.345. The third-order valence-electron chi connectivity index (χ3n) is 2.25. The van der Waals surface area contributed by atoms with Gasteiger partial charge in [-0.1, -0.05) is 18.5 Å². The average Bonchev–Trinajstić information content (AvgIpc) is 2.33. The van der Waals surface area contributed by atoms with E-state index in [0.717, 1.165) is 20.3 Å². The van der Waals surface area contributed by atoms with E-state index in [-0.39, 0.29) is 5.92 Å². The van der Waals surface area contributed by atoms with Gasteiger partial charge in [-0.05, 0) is 25.8 Å². The third-order valence-corrected chi connectivity index (χ3v) is 4.15. The van der Waals surface area contributed by atoms with Crippen molar-refractivity contribution in [2.45, 2.75) is 27.2 Å². The summed E-state index contributed by atoms with van der Waals surface area (Å²) in [6.45, 7) is 5.61. The Morgan fingerprint density at radius 3 is 2.50 bits per heavy atom.